The van der Waals surface area contributed by atoms with Crippen LogP contribution in [-0.2, 0) is 6.42 Å². The first kappa shape index (κ1) is 14.1. The molecule has 0 radical (unpaired) electrons. The second-order valence-corrected chi connectivity index (χ2v) is 4.41. The molecule has 0 spiro atoms. The fourth-order valence-corrected chi connectivity index (χ4v) is 1.82. The van der Waals surface area contributed by atoms with E-state index < -0.39 is 0 Å². The van der Waals surface area contributed by atoms with Gasteiger partial charge in [0.1, 0.15) is 11.6 Å². The zero-order chi connectivity index (χ0) is 14.2. The molecule has 0 saturated heterocycles. The predicted octanol–water partition coefficient (Wildman–Crippen LogP) is 2.47. The van der Waals surface area contributed by atoms with Crippen molar-refractivity contribution >= 4 is 11.7 Å². The topological polar surface area (TPSA) is 67.2 Å². The van der Waals surface area contributed by atoms with Crippen LogP contribution in [0.15, 0.2) is 41.1 Å². The Morgan fingerprint density at radius 2 is 2.20 bits per heavy atom. The van der Waals surface area contributed by atoms with Gasteiger partial charge in [-0.25, -0.2) is 4.98 Å². The number of furan rings is 1. The Bertz CT molecular complexity index is 538. The van der Waals surface area contributed by atoms with Crippen LogP contribution in [0.4, 0.5) is 5.82 Å². The highest BCUT2D eigenvalue weighted by molar-refractivity contribution is 5.98. The Kier molecular flexibility index (Phi) is 5.17. The Morgan fingerprint density at radius 1 is 1.30 bits per heavy atom. The number of nitrogens with one attached hydrogen (secondary N) is 2. The smallest absolute Gasteiger partial charge is 0.255 e. The lowest BCUT2D eigenvalue weighted by atomic mass is 10.2. The third-order valence-electron chi connectivity index (χ3n) is 2.83. The number of nitrogens with zero attached hydrogens (tertiary/aromatic N) is 1. The van der Waals surface area contributed by atoms with Crippen LogP contribution in [0, 0.1) is 0 Å². The van der Waals surface area contributed by atoms with Crippen LogP contribution in [-0.4, -0.2) is 24.0 Å². The van der Waals surface area contributed by atoms with Crippen molar-refractivity contribution in [2.24, 2.45) is 0 Å². The van der Waals surface area contributed by atoms with Crippen LogP contribution in [0.25, 0.3) is 0 Å². The summed E-state index contributed by atoms with van der Waals surface area (Å²) < 4.78 is 5.22. The number of carbonyl (C=O) groups excluding carboxylic acids is 1. The number of anilines is 1. The molecule has 0 atom stereocenters. The lowest BCUT2D eigenvalue weighted by Crippen LogP contribution is -2.26. The quantitative estimate of drug-likeness (QED) is 0.813. The van der Waals surface area contributed by atoms with Gasteiger partial charge in [-0.2, -0.15) is 0 Å². The first-order valence-electron chi connectivity index (χ1n) is 6.80. The molecule has 0 aliphatic rings. The predicted molar refractivity (Wildman–Crippen MR) is 77.8 cm³/mol. The molecule has 0 aliphatic carbocycles. The van der Waals surface area contributed by atoms with Gasteiger partial charge in [0.15, 0.2) is 0 Å². The highest BCUT2D eigenvalue weighted by Gasteiger charge is 2.11. The molecule has 106 valence electrons. The third-order valence-corrected chi connectivity index (χ3v) is 2.83. The summed E-state index contributed by atoms with van der Waals surface area (Å²) in [5, 5.41) is 6.03. The first-order valence-corrected chi connectivity index (χ1v) is 6.80. The van der Waals surface area contributed by atoms with E-state index in [0.29, 0.717) is 24.3 Å². The number of hydrogen-bond acceptors (Lipinski definition) is 4. The molecule has 0 aromatic carbocycles. The van der Waals surface area contributed by atoms with Gasteiger partial charge in [0.05, 0.1) is 11.8 Å². The zero-order valence-electron chi connectivity index (χ0n) is 11.6. The van der Waals surface area contributed by atoms with Crippen molar-refractivity contribution in [2.45, 2.75) is 19.8 Å². The Hall–Kier alpha value is -2.30. The van der Waals surface area contributed by atoms with Gasteiger partial charge in [-0.1, -0.05) is 6.92 Å². The minimum Gasteiger partial charge on any atom is -0.469 e. The molecule has 1 amide bonds. The number of rotatable bonds is 7. The maximum atomic E-state index is 12.1. The molecule has 2 aromatic rings. The summed E-state index contributed by atoms with van der Waals surface area (Å²) in [6.45, 7) is 3.40. The van der Waals surface area contributed by atoms with E-state index >= 15 is 0 Å². The highest BCUT2D eigenvalue weighted by atomic mass is 16.3. The summed E-state index contributed by atoms with van der Waals surface area (Å²) in [4.78, 5) is 16.3. The third kappa shape index (κ3) is 3.85. The van der Waals surface area contributed by atoms with E-state index in [0.717, 1.165) is 18.7 Å². The highest BCUT2D eigenvalue weighted by Crippen LogP contribution is 2.11. The number of hydrogen-bond donors (Lipinski definition) is 2. The van der Waals surface area contributed by atoms with Crippen molar-refractivity contribution in [1.82, 2.24) is 10.3 Å². The number of aromatic nitrogens is 1. The van der Waals surface area contributed by atoms with Gasteiger partial charge in [-0.3, -0.25) is 4.79 Å². The molecule has 5 nitrogen and oxygen atoms in total. The molecule has 2 rings (SSSR count). The number of pyridine rings is 1. The summed E-state index contributed by atoms with van der Waals surface area (Å²) >= 11 is 0. The van der Waals surface area contributed by atoms with E-state index in [1.54, 1.807) is 24.6 Å². The Balaban J connectivity index is 1.91. The van der Waals surface area contributed by atoms with Gasteiger partial charge < -0.3 is 15.1 Å². The Morgan fingerprint density at radius 3 is 2.95 bits per heavy atom. The molecule has 0 unspecified atom stereocenters. The van der Waals surface area contributed by atoms with Gasteiger partial charge >= 0.3 is 0 Å². The maximum Gasteiger partial charge on any atom is 0.255 e. The van der Waals surface area contributed by atoms with Crippen LogP contribution in [0.2, 0.25) is 0 Å². The van der Waals surface area contributed by atoms with Crippen LogP contribution in [0.3, 0.4) is 0 Å². The minimum atomic E-state index is -0.122. The number of carbonyl (C=O) groups is 1. The van der Waals surface area contributed by atoms with Gasteiger partial charge in [0.25, 0.3) is 5.91 Å². The van der Waals surface area contributed by atoms with Crippen molar-refractivity contribution in [1.29, 1.82) is 0 Å². The van der Waals surface area contributed by atoms with Gasteiger partial charge in [-0.05, 0) is 30.7 Å². The van der Waals surface area contributed by atoms with E-state index in [2.05, 4.69) is 22.5 Å². The normalized spacial score (nSPS) is 10.2. The molecule has 5 heteroatoms. The van der Waals surface area contributed by atoms with Gasteiger partial charge in [-0.15, -0.1) is 0 Å². The summed E-state index contributed by atoms with van der Waals surface area (Å²) in [5.74, 6) is 1.37. The van der Waals surface area contributed by atoms with Crippen LogP contribution in [0.5, 0.6) is 0 Å². The lowest BCUT2D eigenvalue weighted by Gasteiger charge is -2.10. The average molecular weight is 273 g/mol. The van der Waals surface area contributed by atoms with Crippen molar-refractivity contribution in [3.8, 4) is 0 Å². The molecule has 0 bridgehead atoms. The summed E-state index contributed by atoms with van der Waals surface area (Å²) in [7, 11) is 0. The van der Waals surface area contributed by atoms with E-state index in [1.165, 1.54) is 0 Å². The zero-order valence-corrected chi connectivity index (χ0v) is 11.6. The van der Waals surface area contributed by atoms with Gasteiger partial charge in [0, 0.05) is 25.7 Å². The van der Waals surface area contributed by atoms with Crippen LogP contribution >= 0.6 is 0 Å². The van der Waals surface area contributed by atoms with Crippen molar-refractivity contribution in [3.63, 3.8) is 0 Å². The second-order valence-electron chi connectivity index (χ2n) is 4.41. The fourth-order valence-electron chi connectivity index (χ4n) is 1.82. The van der Waals surface area contributed by atoms with E-state index in [9.17, 15) is 4.79 Å². The summed E-state index contributed by atoms with van der Waals surface area (Å²) in [6.07, 6.45) is 4.97. The first-order chi connectivity index (χ1) is 9.81. The monoisotopic (exact) mass is 273 g/mol. The van der Waals surface area contributed by atoms with Gasteiger partial charge in [0.2, 0.25) is 0 Å². The molecule has 2 heterocycles. The molecule has 0 aliphatic heterocycles. The molecule has 20 heavy (non-hydrogen) atoms. The van der Waals surface area contributed by atoms with Crippen LogP contribution in [0.1, 0.15) is 29.5 Å². The van der Waals surface area contributed by atoms with E-state index in [1.807, 2.05) is 12.1 Å². The molecule has 0 saturated carbocycles. The molecular formula is C15H19N3O2. The van der Waals surface area contributed by atoms with Crippen molar-refractivity contribution in [3.05, 3.63) is 48.0 Å². The average Bonchev–Trinajstić information content (AvgIpc) is 2.98. The lowest BCUT2D eigenvalue weighted by molar-refractivity contribution is 0.0954. The van der Waals surface area contributed by atoms with E-state index in [4.69, 9.17) is 4.42 Å². The van der Waals surface area contributed by atoms with Crippen molar-refractivity contribution < 1.29 is 9.21 Å². The second kappa shape index (κ2) is 7.33. The molecule has 2 aromatic heterocycles. The SMILES string of the molecule is CCCNc1ncccc1C(=O)NCCc1ccco1. The molecular weight excluding hydrogens is 254 g/mol. The maximum absolute atomic E-state index is 12.1. The standard InChI is InChI=1S/C15H19N3O2/c1-2-8-16-14-13(6-3-9-17-14)15(19)18-10-7-12-5-4-11-20-12/h3-6,9,11H,2,7-8,10H2,1H3,(H,16,17)(H,18,19). The molecule has 2 N–H and O–H groups in total. The number of amides is 1. The molecule has 0 fully saturated rings. The Labute approximate surface area is 118 Å². The fraction of sp³-hybridized carbons (Fsp3) is 0.333. The van der Waals surface area contributed by atoms with E-state index in [-0.39, 0.29) is 5.91 Å². The minimum absolute atomic E-state index is 0.122. The largest absolute Gasteiger partial charge is 0.469 e. The van der Waals surface area contributed by atoms with Crippen molar-refractivity contribution in [2.75, 3.05) is 18.4 Å². The summed E-state index contributed by atoms with van der Waals surface area (Å²) in [6, 6.07) is 7.27. The summed E-state index contributed by atoms with van der Waals surface area (Å²) in [5.41, 5.74) is 0.570. The van der Waals surface area contributed by atoms with Crippen LogP contribution < -0.4 is 10.6 Å².